The minimum atomic E-state index is -0.539. The Hall–Kier alpha value is -2.75. The smallest absolute Gasteiger partial charge is 0.248 e. The number of halogens is 1. The Morgan fingerprint density at radius 1 is 1.31 bits per heavy atom. The van der Waals surface area contributed by atoms with E-state index in [1.807, 2.05) is 19.1 Å². The molecule has 2 aliphatic carbocycles. The van der Waals surface area contributed by atoms with Crippen molar-refractivity contribution in [1.82, 2.24) is 4.98 Å². The first-order chi connectivity index (χ1) is 12.5. The van der Waals surface area contributed by atoms with Crippen molar-refractivity contribution in [2.45, 2.75) is 32.2 Å². The number of aliphatic imine (C=N–C) groups is 1. The fourth-order valence-corrected chi connectivity index (χ4v) is 4.42. The largest absolute Gasteiger partial charge is 0.326 e. The Balaban J connectivity index is 1.92. The predicted molar refractivity (Wildman–Crippen MR) is 102 cm³/mol. The summed E-state index contributed by atoms with van der Waals surface area (Å²) in [4.78, 5) is 19.8. The van der Waals surface area contributed by atoms with E-state index in [0.29, 0.717) is 0 Å². The number of rotatable bonds is 2. The van der Waals surface area contributed by atoms with Crippen LogP contribution in [-0.4, -0.2) is 11.2 Å². The second-order valence-corrected chi connectivity index (χ2v) is 7.13. The maximum atomic E-state index is 13.5. The van der Waals surface area contributed by atoms with E-state index in [1.54, 1.807) is 18.3 Å². The molecule has 2 atom stereocenters. The molecule has 1 unspecified atom stereocenters. The maximum absolute atomic E-state index is 13.5. The van der Waals surface area contributed by atoms with Gasteiger partial charge in [0.05, 0.1) is 0 Å². The minimum absolute atomic E-state index is 0.0873. The molecule has 0 spiro atoms. The van der Waals surface area contributed by atoms with Crippen LogP contribution in [0.5, 0.6) is 0 Å². The maximum Gasteiger partial charge on any atom is 0.248 e. The molecule has 1 heterocycles. The van der Waals surface area contributed by atoms with Crippen LogP contribution >= 0.6 is 0 Å². The number of H-pyrrole nitrogens is 1. The summed E-state index contributed by atoms with van der Waals surface area (Å²) in [7, 11) is 0. The van der Waals surface area contributed by atoms with E-state index in [9.17, 15) is 9.18 Å². The van der Waals surface area contributed by atoms with E-state index in [0.717, 1.165) is 29.7 Å². The summed E-state index contributed by atoms with van der Waals surface area (Å²) in [5.41, 5.74) is 4.63. The zero-order valence-electron chi connectivity index (χ0n) is 14.9. The van der Waals surface area contributed by atoms with Crippen LogP contribution in [0.2, 0.25) is 0 Å². The zero-order valence-corrected chi connectivity index (χ0v) is 14.9. The average Bonchev–Trinajstić information content (AvgIpc) is 2.59. The Kier molecular flexibility index (Phi) is 3.98. The third-order valence-corrected chi connectivity index (χ3v) is 5.36. The minimum Gasteiger partial charge on any atom is -0.326 e. The van der Waals surface area contributed by atoms with Gasteiger partial charge in [-0.05, 0) is 49.6 Å². The highest BCUT2D eigenvalue weighted by Crippen LogP contribution is 2.51. The molecule has 1 aromatic heterocycles. The number of allylic oxidation sites excluding steroid dienone is 2. The summed E-state index contributed by atoms with van der Waals surface area (Å²) in [5, 5.41) is 0. The first-order valence-corrected chi connectivity index (χ1v) is 8.89. The van der Waals surface area contributed by atoms with Gasteiger partial charge in [-0.15, -0.1) is 0 Å². The highest BCUT2D eigenvalue weighted by Gasteiger charge is 2.46. The Labute approximate surface area is 152 Å². The standard InChI is InChI=1S/C22H21FN2O/c1-3-18-16-9-14(2)12-22(18,19-7-8-21(26)25-20(19)11-16)24-13-15-5-4-6-17(23)10-15/h3-10,13,16H,11-12H2,1-2H3,(H,25,26)/b18-3+,24-13?/t16?,22-/m0/s1. The molecule has 4 heteroatoms. The number of aromatic amines is 1. The highest BCUT2D eigenvalue weighted by molar-refractivity contribution is 5.80. The summed E-state index contributed by atoms with van der Waals surface area (Å²) in [6.45, 7) is 4.17. The molecule has 3 nitrogen and oxygen atoms in total. The number of fused-ring (bicyclic) bond motifs is 4. The van der Waals surface area contributed by atoms with Crippen molar-refractivity contribution in [3.8, 4) is 0 Å². The number of nitrogens with zero attached hydrogens (tertiary/aromatic N) is 1. The van der Waals surface area contributed by atoms with Gasteiger partial charge in [0.25, 0.3) is 0 Å². The summed E-state index contributed by atoms with van der Waals surface area (Å²) >= 11 is 0. The van der Waals surface area contributed by atoms with Crippen LogP contribution in [0.1, 0.15) is 37.1 Å². The van der Waals surface area contributed by atoms with Gasteiger partial charge < -0.3 is 4.98 Å². The molecular weight excluding hydrogens is 327 g/mol. The van der Waals surface area contributed by atoms with Crippen molar-refractivity contribution >= 4 is 6.21 Å². The number of hydrogen-bond acceptors (Lipinski definition) is 2. The second-order valence-electron chi connectivity index (χ2n) is 7.13. The van der Waals surface area contributed by atoms with E-state index in [1.165, 1.54) is 23.3 Å². The first-order valence-electron chi connectivity index (χ1n) is 8.89. The lowest BCUT2D eigenvalue weighted by Crippen LogP contribution is -2.40. The number of benzene rings is 1. The van der Waals surface area contributed by atoms with Crippen molar-refractivity contribution in [3.05, 3.63) is 92.7 Å². The number of pyridine rings is 1. The van der Waals surface area contributed by atoms with E-state index < -0.39 is 5.54 Å². The number of nitrogens with one attached hydrogen (secondary N) is 1. The summed E-state index contributed by atoms with van der Waals surface area (Å²) in [6, 6.07) is 9.91. The lowest BCUT2D eigenvalue weighted by molar-refractivity contribution is 0.413. The quantitative estimate of drug-likeness (QED) is 0.638. The monoisotopic (exact) mass is 348 g/mol. The van der Waals surface area contributed by atoms with Crippen LogP contribution in [0.3, 0.4) is 0 Å². The third-order valence-electron chi connectivity index (χ3n) is 5.36. The number of aromatic nitrogens is 1. The van der Waals surface area contributed by atoms with Crippen LogP contribution < -0.4 is 5.56 Å². The third kappa shape index (κ3) is 2.66. The van der Waals surface area contributed by atoms with Crippen LogP contribution in [0, 0.1) is 11.7 Å². The zero-order chi connectivity index (χ0) is 18.3. The molecule has 0 amide bonds. The summed E-state index contributed by atoms with van der Waals surface area (Å²) in [6.07, 6.45) is 7.71. The van der Waals surface area contributed by atoms with Gasteiger partial charge in [-0.2, -0.15) is 0 Å². The fraction of sp³-hybridized carbons (Fsp3) is 0.273. The van der Waals surface area contributed by atoms with E-state index in [4.69, 9.17) is 4.99 Å². The molecule has 132 valence electrons. The highest BCUT2D eigenvalue weighted by atomic mass is 19.1. The van der Waals surface area contributed by atoms with Gasteiger partial charge in [-0.25, -0.2) is 4.39 Å². The van der Waals surface area contributed by atoms with Crippen LogP contribution in [0.4, 0.5) is 4.39 Å². The normalized spacial score (nSPS) is 26.0. The molecule has 0 saturated heterocycles. The Morgan fingerprint density at radius 2 is 2.15 bits per heavy atom. The van der Waals surface area contributed by atoms with Crippen molar-refractivity contribution in [2.24, 2.45) is 10.9 Å². The van der Waals surface area contributed by atoms with Gasteiger partial charge in [-0.3, -0.25) is 9.79 Å². The molecule has 1 aromatic carbocycles. The van der Waals surface area contributed by atoms with E-state index >= 15 is 0 Å². The van der Waals surface area contributed by atoms with E-state index in [2.05, 4.69) is 24.1 Å². The lowest BCUT2D eigenvalue weighted by atomic mass is 9.63. The van der Waals surface area contributed by atoms with Gasteiger partial charge in [-0.1, -0.05) is 29.9 Å². The molecule has 1 N–H and O–H groups in total. The molecule has 26 heavy (non-hydrogen) atoms. The van der Waals surface area contributed by atoms with Gasteiger partial charge in [0.15, 0.2) is 0 Å². The fourth-order valence-electron chi connectivity index (χ4n) is 4.42. The van der Waals surface area contributed by atoms with Gasteiger partial charge in [0.1, 0.15) is 11.4 Å². The van der Waals surface area contributed by atoms with E-state index in [-0.39, 0.29) is 17.3 Å². The predicted octanol–water partition coefficient (Wildman–Crippen LogP) is 4.30. The molecule has 0 radical (unpaired) electrons. The lowest BCUT2D eigenvalue weighted by Gasteiger charge is -2.45. The van der Waals surface area contributed by atoms with Gasteiger partial charge in [0.2, 0.25) is 5.56 Å². The van der Waals surface area contributed by atoms with Crippen LogP contribution in [0.15, 0.2) is 69.5 Å². The molecule has 0 aliphatic heterocycles. The molecular formula is C22H21FN2O. The number of hydrogen-bond donors (Lipinski definition) is 1. The van der Waals surface area contributed by atoms with Gasteiger partial charge >= 0.3 is 0 Å². The first kappa shape index (κ1) is 16.7. The van der Waals surface area contributed by atoms with Crippen molar-refractivity contribution in [3.63, 3.8) is 0 Å². The molecule has 0 fully saturated rings. The molecule has 4 rings (SSSR count). The topological polar surface area (TPSA) is 45.2 Å². The molecule has 0 saturated carbocycles. The Bertz CT molecular complexity index is 1010. The van der Waals surface area contributed by atoms with Crippen molar-refractivity contribution in [1.29, 1.82) is 0 Å². The average molecular weight is 348 g/mol. The summed E-state index contributed by atoms with van der Waals surface area (Å²) < 4.78 is 13.5. The van der Waals surface area contributed by atoms with Crippen LogP contribution in [-0.2, 0) is 12.0 Å². The van der Waals surface area contributed by atoms with Crippen LogP contribution in [0.25, 0.3) is 0 Å². The second kappa shape index (κ2) is 6.20. The SMILES string of the molecule is C/C=C1\C2C=C(C)C[C@@]1(N=Cc1cccc(F)c1)c1ccc(=O)[nH]c1C2. The van der Waals surface area contributed by atoms with Crippen molar-refractivity contribution < 1.29 is 4.39 Å². The summed E-state index contributed by atoms with van der Waals surface area (Å²) in [5.74, 6) is -0.0485. The van der Waals surface area contributed by atoms with Crippen molar-refractivity contribution in [2.75, 3.05) is 0 Å². The molecule has 2 aromatic rings. The van der Waals surface area contributed by atoms with Gasteiger partial charge in [0, 0.05) is 35.9 Å². The Morgan fingerprint density at radius 3 is 2.92 bits per heavy atom. The molecule has 2 bridgehead atoms. The molecule has 2 aliphatic rings.